The third-order valence-corrected chi connectivity index (χ3v) is 3.44. The van der Waals surface area contributed by atoms with Crippen LogP contribution in [0.4, 0.5) is 0 Å². The molecule has 0 fully saturated rings. The number of rotatable bonds is 5. The standard InChI is InChI=1S/C10H14ClNO2S/c1-7(8-3-4-9(11)15-8)12-6-5-10(13)14-2/h3-4,7,12H,5-6H2,1-2H3. The lowest BCUT2D eigenvalue weighted by atomic mass is 10.2. The second-order valence-corrected chi connectivity index (χ2v) is 4.89. The van der Waals surface area contributed by atoms with Crippen molar-refractivity contribution in [2.24, 2.45) is 0 Å². The topological polar surface area (TPSA) is 38.3 Å². The van der Waals surface area contributed by atoms with Gasteiger partial charge in [0.1, 0.15) is 0 Å². The van der Waals surface area contributed by atoms with Crippen molar-refractivity contribution in [1.29, 1.82) is 0 Å². The molecule has 0 aliphatic rings. The van der Waals surface area contributed by atoms with Crippen LogP contribution in [0.5, 0.6) is 0 Å². The molecule has 84 valence electrons. The van der Waals surface area contributed by atoms with Crippen molar-refractivity contribution in [3.63, 3.8) is 0 Å². The first-order valence-corrected chi connectivity index (χ1v) is 5.88. The Morgan fingerprint density at radius 2 is 2.40 bits per heavy atom. The summed E-state index contributed by atoms with van der Waals surface area (Å²) in [5.41, 5.74) is 0. The average Bonchev–Trinajstić information content (AvgIpc) is 2.64. The van der Waals surface area contributed by atoms with Gasteiger partial charge in [0, 0.05) is 17.5 Å². The molecule has 1 unspecified atom stereocenters. The zero-order valence-electron chi connectivity index (χ0n) is 8.75. The minimum atomic E-state index is -0.195. The summed E-state index contributed by atoms with van der Waals surface area (Å²) in [7, 11) is 1.39. The summed E-state index contributed by atoms with van der Waals surface area (Å²) in [6, 6.07) is 4.08. The van der Waals surface area contributed by atoms with E-state index in [-0.39, 0.29) is 12.0 Å². The molecule has 15 heavy (non-hydrogen) atoms. The predicted molar refractivity (Wildman–Crippen MR) is 62.4 cm³/mol. The molecule has 0 aliphatic carbocycles. The van der Waals surface area contributed by atoms with Gasteiger partial charge >= 0.3 is 5.97 Å². The van der Waals surface area contributed by atoms with Crippen molar-refractivity contribution < 1.29 is 9.53 Å². The van der Waals surface area contributed by atoms with Crippen LogP contribution in [-0.2, 0) is 9.53 Å². The van der Waals surface area contributed by atoms with Gasteiger partial charge < -0.3 is 10.1 Å². The molecule has 1 atom stereocenters. The van der Waals surface area contributed by atoms with Gasteiger partial charge in [0.25, 0.3) is 0 Å². The van der Waals surface area contributed by atoms with E-state index in [1.807, 2.05) is 19.1 Å². The van der Waals surface area contributed by atoms with Gasteiger partial charge in [0.2, 0.25) is 0 Å². The fourth-order valence-corrected chi connectivity index (χ4v) is 2.24. The predicted octanol–water partition coefficient (Wildman–Crippen LogP) is 2.62. The number of carbonyl (C=O) groups is 1. The highest BCUT2D eigenvalue weighted by atomic mass is 35.5. The van der Waals surface area contributed by atoms with E-state index in [4.69, 9.17) is 11.6 Å². The Kier molecular flexibility index (Phi) is 5.08. The lowest BCUT2D eigenvalue weighted by Gasteiger charge is -2.10. The van der Waals surface area contributed by atoms with Gasteiger partial charge in [-0.1, -0.05) is 11.6 Å². The van der Waals surface area contributed by atoms with Crippen LogP contribution >= 0.6 is 22.9 Å². The van der Waals surface area contributed by atoms with Crippen molar-refractivity contribution in [1.82, 2.24) is 5.32 Å². The Morgan fingerprint density at radius 3 is 2.93 bits per heavy atom. The number of hydrogen-bond acceptors (Lipinski definition) is 4. The molecule has 1 aromatic heterocycles. The molecule has 0 radical (unpaired) electrons. The zero-order valence-corrected chi connectivity index (χ0v) is 10.3. The van der Waals surface area contributed by atoms with Crippen LogP contribution in [0.25, 0.3) is 0 Å². The highest BCUT2D eigenvalue weighted by Gasteiger charge is 2.08. The van der Waals surface area contributed by atoms with Gasteiger partial charge in [-0.05, 0) is 19.1 Å². The first-order valence-electron chi connectivity index (χ1n) is 4.69. The number of ether oxygens (including phenoxy) is 1. The SMILES string of the molecule is COC(=O)CCNC(C)c1ccc(Cl)s1. The maximum absolute atomic E-state index is 10.9. The van der Waals surface area contributed by atoms with Crippen LogP contribution in [-0.4, -0.2) is 19.6 Å². The molecule has 0 saturated carbocycles. The van der Waals surface area contributed by atoms with E-state index >= 15 is 0 Å². The Morgan fingerprint density at radius 1 is 1.67 bits per heavy atom. The van der Waals surface area contributed by atoms with E-state index < -0.39 is 0 Å². The summed E-state index contributed by atoms with van der Waals surface area (Å²) < 4.78 is 5.33. The minimum Gasteiger partial charge on any atom is -0.469 e. The van der Waals surface area contributed by atoms with Gasteiger partial charge in [-0.15, -0.1) is 11.3 Å². The summed E-state index contributed by atoms with van der Waals surface area (Å²) in [5, 5.41) is 3.23. The molecule has 0 spiro atoms. The van der Waals surface area contributed by atoms with Crippen molar-refractivity contribution in [2.45, 2.75) is 19.4 Å². The third kappa shape index (κ3) is 4.20. The van der Waals surface area contributed by atoms with E-state index in [0.29, 0.717) is 13.0 Å². The molecular weight excluding hydrogens is 234 g/mol. The van der Waals surface area contributed by atoms with E-state index in [0.717, 1.165) is 4.34 Å². The monoisotopic (exact) mass is 247 g/mol. The Labute approximate surface area is 98.4 Å². The van der Waals surface area contributed by atoms with Crippen molar-refractivity contribution in [3.05, 3.63) is 21.3 Å². The number of hydrogen-bond donors (Lipinski definition) is 1. The van der Waals surface area contributed by atoms with Crippen LogP contribution < -0.4 is 5.32 Å². The average molecular weight is 248 g/mol. The van der Waals surface area contributed by atoms with Gasteiger partial charge in [0.05, 0.1) is 17.9 Å². The van der Waals surface area contributed by atoms with Crippen molar-refractivity contribution >= 4 is 28.9 Å². The van der Waals surface area contributed by atoms with E-state index in [1.165, 1.54) is 12.0 Å². The van der Waals surface area contributed by atoms with Gasteiger partial charge in [0.15, 0.2) is 0 Å². The summed E-state index contributed by atoms with van der Waals surface area (Å²) in [6.45, 7) is 2.66. The van der Waals surface area contributed by atoms with Crippen molar-refractivity contribution in [2.75, 3.05) is 13.7 Å². The number of nitrogens with one attached hydrogen (secondary N) is 1. The normalized spacial score (nSPS) is 12.5. The van der Waals surface area contributed by atoms with Crippen LogP contribution in [0, 0.1) is 0 Å². The minimum absolute atomic E-state index is 0.195. The van der Waals surface area contributed by atoms with Crippen LogP contribution in [0.2, 0.25) is 4.34 Å². The number of carbonyl (C=O) groups excluding carboxylic acids is 1. The second kappa shape index (κ2) is 6.10. The quantitative estimate of drug-likeness (QED) is 0.813. The fraction of sp³-hybridized carbons (Fsp3) is 0.500. The number of halogens is 1. The molecule has 3 nitrogen and oxygen atoms in total. The lowest BCUT2D eigenvalue weighted by molar-refractivity contribution is -0.140. The van der Waals surface area contributed by atoms with E-state index in [2.05, 4.69) is 10.1 Å². The Hall–Kier alpha value is -0.580. The molecule has 0 aromatic carbocycles. The summed E-state index contributed by atoms with van der Waals surface area (Å²) >= 11 is 7.38. The summed E-state index contributed by atoms with van der Waals surface area (Å²) in [4.78, 5) is 12.0. The molecule has 5 heteroatoms. The second-order valence-electron chi connectivity index (χ2n) is 3.14. The molecule has 0 amide bonds. The number of methoxy groups -OCH3 is 1. The lowest BCUT2D eigenvalue weighted by Crippen LogP contribution is -2.21. The van der Waals surface area contributed by atoms with Crippen LogP contribution in [0.3, 0.4) is 0 Å². The Balaban J connectivity index is 2.30. The van der Waals surface area contributed by atoms with Crippen molar-refractivity contribution in [3.8, 4) is 0 Å². The smallest absolute Gasteiger partial charge is 0.306 e. The first-order chi connectivity index (χ1) is 7.13. The van der Waals surface area contributed by atoms with Gasteiger partial charge in [-0.3, -0.25) is 4.79 Å². The maximum atomic E-state index is 10.9. The van der Waals surface area contributed by atoms with E-state index in [1.54, 1.807) is 11.3 Å². The summed E-state index contributed by atoms with van der Waals surface area (Å²) in [6.07, 6.45) is 0.389. The zero-order chi connectivity index (χ0) is 11.3. The first kappa shape index (κ1) is 12.5. The maximum Gasteiger partial charge on any atom is 0.306 e. The molecule has 1 aromatic rings. The van der Waals surface area contributed by atoms with Crippen LogP contribution in [0.15, 0.2) is 12.1 Å². The molecule has 1 rings (SSSR count). The van der Waals surface area contributed by atoms with Crippen LogP contribution in [0.1, 0.15) is 24.3 Å². The highest BCUT2D eigenvalue weighted by molar-refractivity contribution is 7.16. The van der Waals surface area contributed by atoms with Gasteiger partial charge in [-0.25, -0.2) is 0 Å². The van der Waals surface area contributed by atoms with Gasteiger partial charge in [-0.2, -0.15) is 0 Å². The summed E-state index contributed by atoms with van der Waals surface area (Å²) in [5.74, 6) is -0.195. The molecule has 0 saturated heterocycles. The molecule has 1 N–H and O–H groups in total. The highest BCUT2D eigenvalue weighted by Crippen LogP contribution is 2.26. The fourth-order valence-electron chi connectivity index (χ4n) is 1.15. The number of esters is 1. The molecule has 0 aliphatic heterocycles. The molecule has 0 bridgehead atoms. The number of thiophene rings is 1. The van der Waals surface area contributed by atoms with E-state index in [9.17, 15) is 4.79 Å². The molecule has 1 heterocycles. The molecular formula is C10H14ClNO2S. The third-order valence-electron chi connectivity index (χ3n) is 2.03. The largest absolute Gasteiger partial charge is 0.469 e. The Bertz CT molecular complexity index is 327.